The molecular weight excluding hydrogens is 420 g/mol. The van der Waals surface area contributed by atoms with Gasteiger partial charge in [-0.15, -0.1) is 0 Å². The summed E-state index contributed by atoms with van der Waals surface area (Å²) in [5.41, 5.74) is 3.07. The van der Waals surface area contributed by atoms with Crippen molar-refractivity contribution in [3.05, 3.63) is 35.9 Å². The lowest BCUT2D eigenvalue weighted by Crippen LogP contribution is -2.38. The second kappa shape index (κ2) is 9.86. The lowest BCUT2D eigenvalue weighted by atomic mass is 10.1. The molecule has 0 bridgehead atoms. The van der Waals surface area contributed by atoms with Crippen LogP contribution in [-0.2, 0) is 11.3 Å². The molecule has 9 nitrogen and oxygen atoms in total. The monoisotopic (exact) mass is 450 g/mol. The summed E-state index contributed by atoms with van der Waals surface area (Å²) in [6.45, 7) is 4.84. The molecule has 0 aliphatic carbocycles. The number of nitrogens with zero attached hydrogens (tertiary/aromatic N) is 4. The Morgan fingerprint density at radius 2 is 1.94 bits per heavy atom. The minimum absolute atomic E-state index is 0.0990. The fourth-order valence-corrected chi connectivity index (χ4v) is 4.45. The third-order valence-corrected chi connectivity index (χ3v) is 6.27. The van der Waals surface area contributed by atoms with Crippen molar-refractivity contribution >= 4 is 22.8 Å². The SMILES string of the molecule is COc1ccc(-c2ccc3c(N4CCOCC4)nc(NC4CCNCC4)nc3n2)cc1CO. The Labute approximate surface area is 193 Å². The van der Waals surface area contributed by atoms with Gasteiger partial charge in [0, 0.05) is 30.3 Å². The number of ether oxygens (including phenoxy) is 2. The van der Waals surface area contributed by atoms with E-state index in [1.807, 2.05) is 30.3 Å². The number of nitrogens with one attached hydrogen (secondary N) is 2. The van der Waals surface area contributed by atoms with Gasteiger partial charge in [0.2, 0.25) is 5.95 Å². The van der Waals surface area contributed by atoms with Gasteiger partial charge in [0.25, 0.3) is 0 Å². The van der Waals surface area contributed by atoms with Gasteiger partial charge < -0.3 is 30.1 Å². The van der Waals surface area contributed by atoms with Crippen LogP contribution in [0.3, 0.4) is 0 Å². The molecule has 2 aromatic heterocycles. The molecule has 3 aromatic rings. The van der Waals surface area contributed by atoms with Crippen LogP contribution < -0.4 is 20.3 Å². The first-order valence-corrected chi connectivity index (χ1v) is 11.5. The number of aromatic nitrogens is 3. The van der Waals surface area contributed by atoms with E-state index in [-0.39, 0.29) is 6.61 Å². The van der Waals surface area contributed by atoms with Gasteiger partial charge in [0.05, 0.1) is 38.0 Å². The maximum Gasteiger partial charge on any atom is 0.226 e. The normalized spacial score (nSPS) is 17.3. The van der Waals surface area contributed by atoms with E-state index in [0.29, 0.717) is 36.6 Å². The van der Waals surface area contributed by atoms with E-state index in [2.05, 4.69) is 15.5 Å². The lowest BCUT2D eigenvalue weighted by Gasteiger charge is -2.29. The van der Waals surface area contributed by atoms with E-state index in [0.717, 1.165) is 67.0 Å². The van der Waals surface area contributed by atoms with E-state index in [1.165, 1.54) is 0 Å². The van der Waals surface area contributed by atoms with E-state index in [4.69, 9.17) is 24.4 Å². The summed E-state index contributed by atoms with van der Waals surface area (Å²) in [5.74, 6) is 2.17. The minimum Gasteiger partial charge on any atom is -0.496 e. The number of fused-ring (bicyclic) bond motifs is 1. The van der Waals surface area contributed by atoms with Gasteiger partial charge >= 0.3 is 0 Å². The largest absolute Gasteiger partial charge is 0.496 e. The van der Waals surface area contributed by atoms with E-state index in [9.17, 15) is 5.11 Å². The van der Waals surface area contributed by atoms with Gasteiger partial charge in [-0.3, -0.25) is 0 Å². The molecule has 0 radical (unpaired) electrons. The Bertz CT molecular complexity index is 1110. The van der Waals surface area contributed by atoms with E-state index in [1.54, 1.807) is 7.11 Å². The fraction of sp³-hybridized carbons (Fsp3) is 0.458. The molecule has 0 spiro atoms. The van der Waals surface area contributed by atoms with Crippen LogP contribution >= 0.6 is 0 Å². The number of anilines is 2. The Balaban J connectivity index is 1.55. The van der Waals surface area contributed by atoms with Gasteiger partial charge in [-0.1, -0.05) is 0 Å². The number of rotatable bonds is 6. The Hall–Kier alpha value is -3.01. The highest BCUT2D eigenvalue weighted by molar-refractivity contribution is 5.89. The van der Waals surface area contributed by atoms with Crippen LogP contribution in [0.5, 0.6) is 5.75 Å². The van der Waals surface area contributed by atoms with Crippen LogP contribution in [0.4, 0.5) is 11.8 Å². The first kappa shape index (κ1) is 21.8. The Morgan fingerprint density at radius 1 is 1.12 bits per heavy atom. The molecule has 1 aromatic carbocycles. The van der Waals surface area contributed by atoms with Crippen molar-refractivity contribution in [2.75, 3.05) is 56.7 Å². The smallest absolute Gasteiger partial charge is 0.226 e. The molecule has 0 amide bonds. The zero-order valence-corrected chi connectivity index (χ0v) is 18.9. The number of hydrogen-bond donors (Lipinski definition) is 3. The van der Waals surface area contributed by atoms with Crippen molar-refractivity contribution in [1.82, 2.24) is 20.3 Å². The molecule has 0 atom stereocenters. The average molecular weight is 451 g/mol. The number of methoxy groups -OCH3 is 1. The van der Waals surface area contributed by atoms with Crippen LogP contribution in [0, 0.1) is 0 Å². The van der Waals surface area contributed by atoms with Gasteiger partial charge in [-0.2, -0.15) is 9.97 Å². The average Bonchev–Trinajstić information content (AvgIpc) is 2.88. The molecule has 2 fully saturated rings. The fourth-order valence-electron chi connectivity index (χ4n) is 4.45. The number of benzene rings is 1. The predicted octanol–water partition coefficient (Wildman–Crippen LogP) is 2.19. The van der Waals surface area contributed by atoms with Crippen molar-refractivity contribution in [3.63, 3.8) is 0 Å². The molecular formula is C24H30N6O3. The van der Waals surface area contributed by atoms with E-state index < -0.39 is 0 Å². The summed E-state index contributed by atoms with van der Waals surface area (Å²) in [4.78, 5) is 16.9. The standard InChI is InChI=1S/C24H30N6O3/c1-32-21-5-2-16(14-17(21)15-31)20-4-3-19-22(27-20)28-24(26-18-6-8-25-9-7-18)29-23(19)30-10-12-33-13-11-30/h2-5,14,18,25,31H,6-13,15H2,1H3,(H,26,27,28,29). The quantitative estimate of drug-likeness (QED) is 0.521. The van der Waals surface area contributed by atoms with Crippen LogP contribution in [0.1, 0.15) is 18.4 Å². The minimum atomic E-state index is -0.0990. The number of piperidine rings is 1. The number of aliphatic hydroxyl groups excluding tert-OH is 1. The topological polar surface area (TPSA) is 105 Å². The molecule has 2 aliphatic rings. The summed E-state index contributed by atoms with van der Waals surface area (Å²) < 4.78 is 10.9. The van der Waals surface area contributed by atoms with Crippen LogP contribution in [0.25, 0.3) is 22.3 Å². The van der Waals surface area contributed by atoms with Gasteiger partial charge in [-0.25, -0.2) is 4.98 Å². The van der Waals surface area contributed by atoms with Gasteiger partial charge in [0.1, 0.15) is 11.6 Å². The van der Waals surface area contributed by atoms with Gasteiger partial charge in [0.15, 0.2) is 5.65 Å². The van der Waals surface area contributed by atoms with Crippen molar-refractivity contribution in [3.8, 4) is 17.0 Å². The summed E-state index contributed by atoms with van der Waals surface area (Å²) >= 11 is 0. The highest BCUT2D eigenvalue weighted by Crippen LogP contribution is 2.30. The molecule has 9 heteroatoms. The summed E-state index contributed by atoms with van der Waals surface area (Å²) in [6.07, 6.45) is 2.08. The second-order valence-corrected chi connectivity index (χ2v) is 8.39. The Kier molecular flexibility index (Phi) is 6.52. The lowest BCUT2D eigenvalue weighted by molar-refractivity contribution is 0.122. The Morgan fingerprint density at radius 3 is 2.70 bits per heavy atom. The third-order valence-electron chi connectivity index (χ3n) is 6.27. The number of hydrogen-bond acceptors (Lipinski definition) is 9. The zero-order valence-electron chi connectivity index (χ0n) is 18.9. The van der Waals surface area contributed by atoms with Crippen LogP contribution in [0.15, 0.2) is 30.3 Å². The number of aliphatic hydroxyl groups is 1. The predicted molar refractivity (Wildman–Crippen MR) is 128 cm³/mol. The highest BCUT2D eigenvalue weighted by atomic mass is 16.5. The maximum absolute atomic E-state index is 9.72. The molecule has 0 unspecified atom stereocenters. The molecule has 3 N–H and O–H groups in total. The highest BCUT2D eigenvalue weighted by Gasteiger charge is 2.21. The molecule has 0 saturated carbocycles. The molecule has 5 rings (SSSR count). The number of pyridine rings is 1. The van der Waals surface area contributed by atoms with Crippen LogP contribution in [0.2, 0.25) is 0 Å². The molecule has 174 valence electrons. The maximum atomic E-state index is 9.72. The van der Waals surface area contributed by atoms with Gasteiger partial charge in [-0.05, 0) is 56.3 Å². The van der Waals surface area contributed by atoms with E-state index >= 15 is 0 Å². The van der Waals surface area contributed by atoms with Crippen molar-refractivity contribution in [1.29, 1.82) is 0 Å². The summed E-state index contributed by atoms with van der Waals surface area (Å²) in [7, 11) is 1.60. The third kappa shape index (κ3) is 4.71. The molecule has 33 heavy (non-hydrogen) atoms. The molecule has 4 heterocycles. The summed E-state index contributed by atoms with van der Waals surface area (Å²) in [5, 5.41) is 17.6. The van der Waals surface area contributed by atoms with Crippen molar-refractivity contribution in [2.45, 2.75) is 25.5 Å². The van der Waals surface area contributed by atoms with Crippen molar-refractivity contribution < 1.29 is 14.6 Å². The first-order chi connectivity index (χ1) is 16.2. The first-order valence-electron chi connectivity index (χ1n) is 11.5. The zero-order chi connectivity index (χ0) is 22.6. The second-order valence-electron chi connectivity index (χ2n) is 8.39. The molecule has 2 saturated heterocycles. The van der Waals surface area contributed by atoms with Crippen molar-refractivity contribution in [2.24, 2.45) is 0 Å². The van der Waals surface area contributed by atoms with Crippen LogP contribution in [-0.4, -0.2) is 72.6 Å². The molecule has 2 aliphatic heterocycles. The summed E-state index contributed by atoms with van der Waals surface area (Å²) in [6, 6.07) is 10.1. The number of morpholine rings is 1.